The third-order valence-corrected chi connectivity index (χ3v) is 4.38. The van der Waals surface area contributed by atoms with Crippen LogP contribution >= 0.6 is 0 Å². The van der Waals surface area contributed by atoms with Gasteiger partial charge >= 0.3 is 0 Å². The first kappa shape index (κ1) is 15.0. The van der Waals surface area contributed by atoms with E-state index in [4.69, 9.17) is 0 Å². The van der Waals surface area contributed by atoms with Crippen LogP contribution in [-0.4, -0.2) is 45.6 Å². The Morgan fingerprint density at radius 2 is 2.00 bits per heavy atom. The summed E-state index contributed by atoms with van der Waals surface area (Å²) in [4.78, 5) is 13.9. The summed E-state index contributed by atoms with van der Waals surface area (Å²) in [5.41, 5.74) is 3.55. The van der Waals surface area contributed by atoms with E-state index in [0.29, 0.717) is 0 Å². The Bertz CT molecular complexity index is 614. The van der Waals surface area contributed by atoms with Crippen molar-refractivity contribution in [2.24, 2.45) is 7.05 Å². The van der Waals surface area contributed by atoms with Gasteiger partial charge < -0.3 is 9.47 Å². The lowest BCUT2D eigenvalue weighted by atomic mass is 10.3. The Morgan fingerprint density at radius 3 is 2.73 bits per heavy atom. The lowest BCUT2D eigenvalue weighted by Crippen LogP contribution is -2.30. The topological polar surface area (TPSA) is 37.2 Å². The van der Waals surface area contributed by atoms with Crippen molar-refractivity contribution in [3.8, 4) is 0 Å². The van der Waals surface area contributed by atoms with Crippen molar-refractivity contribution < 1.29 is 0 Å². The highest BCUT2D eigenvalue weighted by Gasteiger charge is 2.16. The van der Waals surface area contributed by atoms with Gasteiger partial charge in [-0.2, -0.15) is 0 Å². The van der Waals surface area contributed by atoms with Gasteiger partial charge in [-0.25, -0.2) is 4.98 Å². The minimum atomic E-state index is 0.949. The third-order valence-electron chi connectivity index (χ3n) is 4.38. The van der Waals surface area contributed by atoms with Crippen molar-refractivity contribution in [3.63, 3.8) is 0 Å². The molecule has 0 unspecified atom stereocenters. The van der Waals surface area contributed by atoms with Crippen LogP contribution in [0.5, 0.6) is 0 Å². The Labute approximate surface area is 132 Å². The van der Waals surface area contributed by atoms with E-state index in [1.807, 2.05) is 6.20 Å². The fourth-order valence-corrected chi connectivity index (χ4v) is 3.05. The number of pyridine rings is 1. The van der Waals surface area contributed by atoms with Crippen LogP contribution in [0.1, 0.15) is 23.6 Å². The molecule has 0 bridgehead atoms. The summed E-state index contributed by atoms with van der Waals surface area (Å²) in [5, 5.41) is 0. The Kier molecular flexibility index (Phi) is 4.43. The molecule has 5 heteroatoms. The Morgan fingerprint density at radius 1 is 1.14 bits per heavy atom. The number of nitrogens with zero attached hydrogens (tertiary/aromatic N) is 5. The largest absolute Gasteiger partial charge is 0.370 e. The molecule has 0 spiro atoms. The zero-order valence-corrected chi connectivity index (χ0v) is 13.8. The van der Waals surface area contributed by atoms with E-state index in [0.717, 1.165) is 44.2 Å². The van der Waals surface area contributed by atoms with Crippen molar-refractivity contribution >= 4 is 5.69 Å². The van der Waals surface area contributed by atoms with Gasteiger partial charge in [0.25, 0.3) is 0 Å². The Hall–Kier alpha value is -1.88. The second-order valence-electron chi connectivity index (χ2n) is 6.16. The quantitative estimate of drug-likeness (QED) is 0.870. The first-order valence-corrected chi connectivity index (χ1v) is 8.00. The molecule has 0 aromatic carbocycles. The van der Waals surface area contributed by atoms with E-state index < -0.39 is 0 Å². The van der Waals surface area contributed by atoms with Crippen LogP contribution in [0, 0.1) is 13.8 Å². The van der Waals surface area contributed by atoms with Crippen molar-refractivity contribution in [3.05, 3.63) is 41.7 Å². The van der Waals surface area contributed by atoms with Crippen LogP contribution in [0.25, 0.3) is 0 Å². The van der Waals surface area contributed by atoms with Crippen LogP contribution in [-0.2, 0) is 13.6 Å². The summed E-state index contributed by atoms with van der Waals surface area (Å²) < 4.78 is 2.10. The van der Waals surface area contributed by atoms with Crippen LogP contribution in [0.15, 0.2) is 24.5 Å². The first-order valence-electron chi connectivity index (χ1n) is 8.00. The lowest BCUT2D eigenvalue weighted by molar-refractivity contribution is 0.282. The van der Waals surface area contributed by atoms with Gasteiger partial charge in [0.05, 0.1) is 5.69 Å². The average Bonchev–Trinajstić information content (AvgIpc) is 2.68. The van der Waals surface area contributed by atoms with Crippen molar-refractivity contribution in [2.75, 3.05) is 31.1 Å². The van der Waals surface area contributed by atoms with E-state index >= 15 is 0 Å². The van der Waals surface area contributed by atoms with E-state index in [1.165, 1.54) is 17.8 Å². The molecule has 3 heterocycles. The highest BCUT2D eigenvalue weighted by Crippen LogP contribution is 2.17. The molecule has 0 N–H and O–H groups in total. The molecule has 0 radical (unpaired) electrons. The van der Waals surface area contributed by atoms with E-state index in [9.17, 15) is 0 Å². The summed E-state index contributed by atoms with van der Waals surface area (Å²) in [6, 6.07) is 4.29. The molecule has 0 saturated carbocycles. The van der Waals surface area contributed by atoms with E-state index in [-0.39, 0.29) is 0 Å². The van der Waals surface area contributed by atoms with Gasteiger partial charge in [0, 0.05) is 63.5 Å². The molecule has 22 heavy (non-hydrogen) atoms. The van der Waals surface area contributed by atoms with Crippen LogP contribution in [0.2, 0.25) is 0 Å². The number of aryl methyl sites for hydroxylation is 3. The summed E-state index contributed by atoms with van der Waals surface area (Å²) in [7, 11) is 2.06. The van der Waals surface area contributed by atoms with Gasteiger partial charge in [-0.1, -0.05) is 0 Å². The standard InChI is InChI=1S/C17H25N5/c1-14-11-17(5-6-18-14)22-8-4-7-21(9-10-22)13-16-12-20(3)15(2)19-16/h5-6,11-12H,4,7-10,13H2,1-3H3. The SMILES string of the molecule is Cc1cc(N2CCCN(Cc3cn(C)c(C)n3)CC2)ccn1. The zero-order valence-electron chi connectivity index (χ0n) is 13.8. The number of anilines is 1. The monoisotopic (exact) mass is 299 g/mol. The van der Waals surface area contributed by atoms with Gasteiger partial charge in [0.1, 0.15) is 5.82 Å². The molecule has 0 aliphatic carbocycles. The molecule has 0 amide bonds. The highest BCUT2D eigenvalue weighted by atomic mass is 15.2. The van der Waals surface area contributed by atoms with Crippen molar-refractivity contribution in [1.29, 1.82) is 0 Å². The molecule has 1 aliphatic heterocycles. The van der Waals surface area contributed by atoms with Gasteiger partial charge in [0.15, 0.2) is 0 Å². The lowest BCUT2D eigenvalue weighted by Gasteiger charge is -2.23. The zero-order chi connectivity index (χ0) is 15.5. The maximum absolute atomic E-state index is 4.62. The predicted octanol–water partition coefficient (Wildman–Crippen LogP) is 2.14. The minimum absolute atomic E-state index is 0.949. The van der Waals surface area contributed by atoms with E-state index in [1.54, 1.807) is 0 Å². The minimum Gasteiger partial charge on any atom is -0.370 e. The normalized spacial score (nSPS) is 16.8. The van der Waals surface area contributed by atoms with Crippen molar-refractivity contribution in [1.82, 2.24) is 19.4 Å². The number of aromatic nitrogens is 3. The maximum Gasteiger partial charge on any atom is 0.105 e. The number of hydrogen-bond acceptors (Lipinski definition) is 4. The first-order chi connectivity index (χ1) is 10.6. The average molecular weight is 299 g/mol. The maximum atomic E-state index is 4.62. The summed E-state index contributed by atoms with van der Waals surface area (Å²) in [5.74, 6) is 1.08. The number of hydrogen-bond donors (Lipinski definition) is 0. The van der Waals surface area contributed by atoms with Gasteiger partial charge in [0.2, 0.25) is 0 Å². The molecule has 2 aromatic heterocycles. The number of imidazole rings is 1. The molecule has 5 nitrogen and oxygen atoms in total. The molecule has 3 rings (SSSR count). The molecular formula is C17H25N5. The molecule has 1 saturated heterocycles. The fourth-order valence-electron chi connectivity index (χ4n) is 3.05. The summed E-state index contributed by atoms with van der Waals surface area (Å²) >= 11 is 0. The van der Waals surface area contributed by atoms with Crippen LogP contribution < -0.4 is 4.90 Å². The molecule has 0 atom stereocenters. The van der Waals surface area contributed by atoms with Gasteiger partial charge in [-0.15, -0.1) is 0 Å². The van der Waals surface area contributed by atoms with Gasteiger partial charge in [-0.05, 0) is 32.4 Å². The van der Waals surface area contributed by atoms with Gasteiger partial charge in [-0.3, -0.25) is 9.88 Å². The summed E-state index contributed by atoms with van der Waals surface area (Å²) in [6.45, 7) is 9.45. The molecule has 1 aliphatic rings. The molecule has 118 valence electrons. The van der Waals surface area contributed by atoms with Crippen LogP contribution in [0.3, 0.4) is 0 Å². The Balaban J connectivity index is 1.62. The third kappa shape index (κ3) is 3.47. The smallest absolute Gasteiger partial charge is 0.105 e. The highest BCUT2D eigenvalue weighted by molar-refractivity contribution is 5.46. The molecule has 1 fully saturated rings. The molecule has 2 aromatic rings. The van der Waals surface area contributed by atoms with Crippen molar-refractivity contribution in [2.45, 2.75) is 26.8 Å². The summed E-state index contributed by atoms with van der Waals surface area (Å²) in [6.07, 6.45) is 5.24. The van der Waals surface area contributed by atoms with Crippen LogP contribution in [0.4, 0.5) is 5.69 Å². The fraction of sp³-hybridized carbons (Fsp3) is 0.529. The second kappa shape index (κ2) is 6.48. The molecular weight excluding hydrogens is 274 g/mol. The second-order valence-corrected chi connectivity index (χ2v) is 6.16. The van der Waals surface area contributed by atoms with E-state index in [2.05, 4.69) is 63.6 Å². The number of rotatable bonds is 3. The predicted molar refractivity (Wildman–Crippen MR) is 89.0 cm³/mol.